The molecule has 0 heterocycles. The van der Waals surface area contributed by atoms with Crippen molar-refractivity contribution < 1.29 is 29.1 Å². The Labute approximate surface area is 273 Å². The van der Waals surface area contributed by atoms with Gasteiger partial charge in [-0.15, -0.1) is 0 Å². The Morgan fingerprint density at radius 2 is 1.13 bits per heavy atom. The number of nitrogens with one attached hydrogen (secondary N) is 4. The monoisotopic (exact) mass is 639 g/mol. The number of carbonyl (C=O) groups excluding carboxylic acids is 5. The second-order valence-electron chi connectivity index (χ2n) is 14.9. The van der Waals surface area contributed by atoms with Gasteiger partial charge in [-0.1, -0.05) is 68.9 Å². The van der Waals surface area contributed by atoms with Crippen LogP contribution in [0.2, 0.25) is 0 Å². The van der Waals surface area contributed by atoms with E-state index in [1.165, 1.54) is 4.90 Å². The van der Waals surface area contributed by atoms with Crippen LogP contribution in [0, 0.1) is 5.41 Å². The van der Waals surface area contributed by atoms with E-state index in [1.54, 1.807) is 34.9 Å². The topological polar surface area (TPSA) is 157 Å². The molecule has 0 radical (unpaired) electrons. The number of carbonyl (C=O) groups is 5. The highest BCUT2D eigenvalue weighted by atomic mass is 16.3. The SMILES string of the molecule is CN(C)C(=O)C1(NC(=O)C2(NC(=O)C3(NC(=O)C(C)(Cc4ccccc4)NC(=O)C(C)(C)CO)CCCC3)CCCC2)CCCC1. The lowest BCUT2D eigenvalue weighted by Crippen LogP contribution is -2.70. The maximum atomic E-state index is 14.3. The predicted molar refractivity (Wildman–Crippen MR) is 174 cm³/mol. The Morgan fingerprint density at radius 3 is 1.59 bits per heavy atom. The number of benzene rings is 1. The van der Waals surface area contributed by atoms with Gasteiger partial charge in [-0.25, -0.2) is 0 Å². The molecule has 0 aliphatic heterocycles. The van der Waals surface area contributed by atoms with Crippen LogP contribution in [-0.4, -0.2) is 82.4 Å². The maximum absolute atomic E-state index is 14.3. The fourth-order valence-corrected chi connectivity index (χ4v) is 7.28. The first-order valence-corrected chi connectivity index (χ1v) is 16.8. The Hall–Kier alpha value is -3.47. The van der Waals surface area contributed by atoms with E-state index in [0.717, 1.165) is 31.2 Å². The van der Waals surface area contributed by atoms with Crippen molar-refractivity contribution >= 4 is 29.5 Å². The molecule has 1 aromatic rings. The summed E-state index contributed by atoms with van der Waals surface area (Å²) in [5.74, 6) is -1.90. The zero-order chi connectivity index (χ0) is 33.8. The summed E-state index contributed by atoms with van der Waals surface area (Å²) in [5, 5.41) is 22.0. The molecule has 3 fully saturated rings. The standard InChI is InChI=1S/C35H53N5O6/c1-31(2,24-41)26(42)36-32(3,23-25-15-7-6-8-16-25)27(43)37-33(17-9-10-18-33)28(44)38-34(19-11-12-20-34)29(45)39-35(21-13-14-22-35)30(46)40(4)5/h6-8,15-16,41H,9-14,17-24H2,1-5H3,(H,36,42)(H,37,43)(H,38,44)(H,39,45). The van der Waals surface area contributed by atoms with Crippen molar-refractivity contribution in [3.8, 4) is 0 Å². The van der Waals surface area contributed by atoms with Crippen molar-refractivity contribution in [2.24, 2.45) is 5.41 Å². The minimum absolute atomic E-state index is 0.138. The Morgan fingerprint density at radius 1 is 0.696 bits per heavy atom. The molecule has 5 amide bonds. The van der Waals surface area contributed by atoms with E-state index >= 15 is 0 Å². The summed E-state index contributed by atoms with van der Waals surface area (Å²) in [7, 11) is 3.37. The largest absolute Gasteiger partial charge is 0.395 e. The first kappa shape index (κ1) is 35.4. The van der Waals surface area contributed by atoms with E-state index in [0.29, 0.717) is 51.4 Å². The summed E-state index contributed by atoms with van der Waals surface area (Å²) in [4.78, 5) is 70.7. The molecule has 1 unspecified atom stereocenters. The predicted octanol–water partition coefficient (Wildman–Crippen LogP) is 2.50. The number of aliphatic hydroxyl groups is 1. The molecule has 3 aliphatic rings. The van der Waals surface area contributed by atoms with Crippen molar-refractivity contribution in [3.05, 3.63) is 35.9 Å². The molecule has 0 spiro atoms. The second kappa shape index (κ2) is 13.7. The quantitative estimate of drug-likeness (QED) is 0.237. The molecular weight excluding hydrogens is 586 g/mol. The maximum Gasteiger partial charge on any atom is 0.247 e. The molecule has 11 nitrogen and oxygen atoms in total. The summed E-state index contributed by atoms with van der Waals surface area (Å²) in [6.45, 7) is 4.43. The van der Waals surface area contributed by atoms with Crippen molar-refractivity contribution in [2.75, 3.05) is 20.7 Å². The summed E-state index contributed by atoms with van der Waals surface area (Å²) >= 11 is 0. The molecule has 11 heteroatoms. The Bertz CT molecular complexity index is 1290. The highest BCUT2D eigenvalue weighted by Gasteiger charge is 2.53. The van der Waals surface area contributed by atoms with Gasteiger partial charge in [0.1, 0.15) is 22.2 Å². The molecule has 254 valence electrons. The molecule has 46 heavy (non-hydrogen) atoms. The van der Waals surface area contributed by atoms with E-state index in [2.05, 4.69) is 21.3 Å². The number of aliphatic hydroxyl groups excluding tert-OH is 1. The van der Waals surface area contributed by atoms with Crippen molar-refractivity contribution in [1.29, 1.82) is 0 Å². The molecule has 5 N–H and O–H groups in total. The number of amides is 5. The van der Waals surface area contributed by atoms with Gasteiger partial charge in [0.2, 0.25) is 29.5 Å². The zero-order valence-corrected chi connectivity index (χ0v) is 28.2. The van der Waals surface area contributed by atoms with Gasteiger partial charge in [0, 0.05) is 20.5 Å². The smallest absolute Gasteiger partial charge is 0.247 e. The minimum Gasteiger partial charge on any atom is -0.395 e. The normalized spacial score (nSPS) is 21.1. The number of hydrogen-bond acceptors (Lipinski definition) is 6. The van der Waals surface area contributed by atoms with Crippen LogP contribution in [0.15, 0.2) is 30.3 Å². The molecule has 3 saturated carbocycles. The van der Waals surface area contributed by atoms with Gasteiger partial charge >= 0.3 is 0 Å². The average Bonchev–Trinajstić information content (AvgIpc) is 3.80. The number of nitrogens with zero attached hydrogens (tertiary/aromatic N) is 1. The fourth-order valence-electron chi connectivity index (χ4n) is 7.28. The van der Waals surface area contributed by atoms with E-state index in [4.69, 9.17) is 0 Å². The van der Waals surface area contributed by atoms with Crippen LogP contribution in [-0.2, 0) is 30.4 Å². The zero-order valence-electron chi connectivity index (χ0n) is 28.2. The van der Waals surface area contributed by atoms with Gasteiger partial charge in [0.15, 0.2) is 0 Å². The average molecular weight is 640 g/mol. The lowest BCUT2D eigenvalue weighted by atomic mass is 9.85. The summed E-state index contributed by atoms with van der Waals surface area (Å²) in [5.41, 5.74) is -5.20. The highest BCUT2D eigenvalue weighted by molar-refractivity contribution is 6.01. The fraction of sp³-hybridized carbons (Fsp3) is 0.686. The molecular formula is C35H53N5O6. The van der Waals surface area contributed by atoms with E-state index in [9.17, 15) is 29.1 Å². The van der Waals surface area contributed by atoms with Crippen LogP contribution in [0.4, 0.5) is 0 Å². The Balaban J connectivity index is 1.60. The third kappa shape index (κ3) is 7.24. The molecule has 0 aromatic heterocycles. The van der Waals surface area contributed by atoms with Crippen molar-refractivity contribution in [3.63, 3.8) is 0 Å². The van der Waals surface area contributed by atoms with Gasteiger partial charge in [0.25, 0.3) is 0 Å². The van der Waals surface area contributed by atoms with Crippen LogP contribution >= 0.6 is 0 Å². The first-order valence-electron chi connectivity index (χ1n) is 16.8. The van der Waals surface area contributed by atoms with E-state index < -0.39 is 51.9 Å². The molecule has 1 atom stereocenters. The minimum atomic E-state index is -1.44. The van der Waals surface area contributed by atoms with Gasteiger partial charge < -0.3 is 31.3 Å². The number of rotatable bonds is 12. The lowest BCUT2D eigenvalue weighted by Gasteiger charge is -2.40. The third-order valence-electron chi connectivity index (χ3n) is 10.4. The van der Waals surface area contributed by atoms with Crippen LogP contribution < -0.4 is 21.3 Å². The molecule has 3 aliphatic carbocycles. The molecule has 4 rings (SSSR count). The van der Waals surface area contributed by atoms with Crippen LogP contribution in [0.3, 0.4) is 0 Å². The van der Waals surface area contributed by atoms with Crippen molar-refractivity contribution in [1.82, 2.24) is 26.2 Å². The molecule has 0 bridgehead atoms. The van der Waals surface area contributed by atoms with Crippen LogP contribution in [0.1, 0.15) is 103 Å². The number of hydrogen-bond donors (Lipinski definition) is 5. The van der Waals surface area contributed by atoms with Crippen LogP contribution in [0.5, 0.6) is 0 Å². The van der Waals surface area contributed by atoms with Gasteiger partial charge in [-0.05, 0) is 64.9 Å². The second-order valence-corrected chi connectivity index (χ2v) is 14.9. The summed E-state index contributed by atoms with van der Waals surface area (Å²) < 4.78 is 0. The van der Waals surface area contributed by atoms with E-state index in [1.807, 2.05) is 30.3 Å². The lowest BCUT2D eigenvalue weighted by molar-refractivity contribution is -0.144. The molecule has 0 saturated heterocycles. The van der Waals surface area contributed by atoms with Gasteiger partial charge in [-0.2, -0.15) is 0 Å². The highest BCUT2D eigenvalue weighted by Crippen LogP contribution is 2.37. The summed E-state index contributed by atoms with van der Waals surface area (Å²) in [6.07, 6.45) is 7.55. The first-order chi connectivity index (χ1) is 21.6. The molecule has 1 aromatic carbocycles. The van der Waals surface area contributed by atoms with Gasteiger partial charge in [-0.3, -0.25) is 24.0 Å². The number of likely N-dealkylation sites (N-methyl/N-ethyl adjacent to an activating group) is 1. The Kier molecular flexibility index (Phi) is 10.5. The van der Waals surface area contributed by atoms with Crippen molar-refractivity contribution in [2.45, 2.75) is 126 Å². The van der Waals surface area contributed by atoms with Gasteiger partial charge in [0.05, 0.1) is 12.0 Å². The third-order valence-corrected chi connectivity index (χ3v) is 10.4. The van der Waals surface area contributed by atoms with Crippen LogP contribution in [0.25, 0.3) is 0 Å². The van der Waals surface area contributed by atoms with E-state index in [-0.39, 0.29) is 18.2 Å². The summed E-state index contributed by atoms with van der Waals surface area (Å²) in [6, 6.07) is 9.31.